The molecular weight excluding hydrogens is 232 g/mol. The van der Waals surface area contributed by atoms with E-state index in [0.29, 0.717) is 6.61 Å². The van der Waals surface area contributed by atoms with Crippen LogP contribution in [0.5, 0.6) is 0 Å². The SMILES string of the molecule is COC1CCCC(OCC(NC(C)C)C(N)=O)C1. The topological polar surface area (TPSA) is 73.6 Å². The van der Waals surface area contributed by atoms with Crippen LogP contribution in [0.3, 0.4) is 0 Å². The Bertz CT molecular complexity index is 259. The van der Waals surface area contributed by atoms with Crippen LogP contribution in [0.1, 0.15) is 39.5 Å². The third kappa shape index (κ3) is 5.33. The molecule has 1 saturated carbocycles. The van der Waals surface area contributed by atoms with Crippen LogP contribution in [0.2, 0.25) is 0 Å². The summed E-state index contributed by atoms with van der Waals surface area (Å²) in [6, 6.07) is -0.197. The number of hydrogen-bond donors (Lipinski definition) is 2. The van der Waals surface area contributed by atoms with Crippen molar-refractivity contribution in [2.75, 3.05) is 13.7 Å². The summed E-state index contributed by atoms with van der Waals surface area (Å²) in [4.78, 5) is 11.3. The molecule has 5 nitrogen and oxygen atoms in total. The summed E-state index contributed by atoms with van der Waals surface area (Å²) in [5.74, 6) is -0.359. The van der Waals surface area contributed by atoms with E-state index in [9.17, 15) is 4.79 Å². The van der Waals surface area contributed by atoms with E-state index in [1.54, 1.807) is 7.11 Å². The number of rotatable bonds is 7. The van der Waals surface area contributed by atoms with Crippen molar-refractivity contribution < 1.29 is 14.3 Å². The largest absolute Gasteiger partial charge is 0.381 e. The molecule has 1 rings (SSSR count). The Morgan fingerprint density at radius 2 is 2.06 bits per heavy atom. The Balaban J connectivity index is 2.34. The van der Waals surface area contributed by atoms with Crippen LogP contribution in [0.4, 0.5) is 0 Å². The van der Waals surface area contributed by atoms with Gasteiger partial charge in [-0.15, -0.1) is 0 Å². The number of methoxy groups -OCH3 is 1. The Labute approximate surface area is 109 Å². The maximum absolute atomic E-state index is 11.3. The first-order valence-corrected chi connectivity index (χ1v) is 6.72. The molecule has 0 radical (unpaired) electrons. The fourth-order valence-corrected chi connectivity index (χ4v) is 2.31. The monoisotopic (exact) mass is 258 g/mol. The fourth-order valence-electron chi connectivity index (χ4n) is 2.31. The minimum Gasteiger partial charge on any atom is -0.381 e. The molecule has 0 aromatic rings. The van der Waals surface area contributed by atoms with Gasteiger partial charge in [-0.3, -0.25) is 4.79 Å². The van der Waals surface area contributed by atoms with Crippen molar-refractivity contribution in [3.8, 4) is 0 Å². The smallest absolute Gasteiger partial charge is 0.236 e. The van der Waals surface area contributed by atoms with Gasteiger partial charge in [-0.2, -0.15) is 0 Å². The molecule has 106 valence electrons. The molecule has 0 saturated heterocycles. The summed E-state index contributed by atoms with van der Waals surface area (Å²) in [6.07, 6.45) is 4.62. The highest BCUT2D eigenvalue weighted by Gasteiger charge is 2.24. The van der Waals surface area contributed by atoms with Crippen molar-refractivity contribution in [2.24, 2.45) is 5.73 Å². The summed E-state index contributed by atoms with van der Waals surface area (Å²) in [5, 5.41) is 3.11. The van der Waals surface area contributed by atoms with E-state index in [1.165, 1.54) is 0 Å². The molecule has 1 fully saturated rings. The molecule has 1 aliphatic rings. The van der Waals surface area contributed by atoms with Crippen LogP contribution >= 0.6 is 0 Å². The molecular formula is C13H26N2O3. The summed E-state index contributed by atoms with van der Waals surface area (Å²) in [5.41, 5.74) is 5.35. The van der Waals surface area contributed by atoms with Crippen LogP contribution in [-0.4, -0.2) is 43.9 Å². The summed E-state index contributed by atoms with van der Waals surface area (Å²) >= 11 is 0. The molecule has 0 bridgehead atoms. The lowest BCUT2D eigenvalue weighted by Crippen LogP contribution is -2.48. The van der Waals surface area contributed by atoms with Crippen molar-refractivity contribution in [2.45, 2.75) is 63.8 Å². The van der Waals surface area contributed by atoms with Gasteiger partial charge in [0.05, 0.1) is 18.8 Å². The third-order valence-corrected chi connectivity index (χ3v) is 3.29. The number of ether oxygens (including phenoxy) is 2. The van der Waals surface area contributed by atoms with Crippen molar-refractivity contribution in [1.82, 2.24) is 5.32 Å². The van der Waals surface area contributed by atoms with Crippen LogP contribution in [0.15, 0.2) is 0 Å². The van der Waals surface area contributed by atoms with Crippen LogP contribution in [-0.2, 0) is 14.3 Å². The van der Waals surface area contributed by atoms with Crippen molar-refractivity contribution in [3.63, 3.8) is 0 Å². The lowest BCUT2D eigenvalue weighted by atomic mass is 9.95. The zero-order chi connectivity index (χ0) is 13.5. The van der Waals surface area contributed by atoms with Gasteiger partial charge in [0.1, 0.15) is 6.04 Å². The van der Waals surface area contributed by atoms with Gasteiger partial charge < -0.3 is 20.5 Å². The van der Waals surface area contributed by atoms with Gasteiger partial charge >= 0.3 is 0 Å². The molecule has 5 heteroatoms. The molecule has 0 heterocycles. The van der Waals surface area contributed by atoms with E-state index < -0.39 is 6.04 Å². The second kappa shape index (κ2) is 7.71. The molecule has 0 aliphatic heterocycles. The molecule has 3 N–H and O–H groups in total. The second-order valence-electron chi connectivity index (χ2n) is 5.26. The minimum atomic E-state index is -0.409. The Morgan fingerprint density at radius 1 is 1.39 bits per heavy atom. The maximum Gasteiger partial charge on any atom is 0.236 e. The number of nitrogens with one attached hydrogen (secondary N) is 1. The highest BCUT2D eigenvalue weighted by molar-refractivity contribution is 5.80. The Kier molecular flexibility index (Phi) is 6.60. The van der Waals surface area contributed by atoms with E-state index in [1.807, 2.05) is 13.8 Å². The number of primary amides is 1. The fraction of sp³-hybridized carbons (Fsp3) is 0.923. The van der Waals surface area contributed by atoms with E-state index in [4.69, 9.17) is 15.2 Å². The first-order valence-electron chi connectivity index (χ1n) is 6.72. The van der Waals surface area contributed by atoms with E-state index in [0.717, 1.165) is 25.7 Å². The maximum atomic E-state index is 11.3. The van der Waals surface area contributed by atoms with Gasteiger partial charge in [0.2, 0.25) is 5.91 Å². The predicted octanol–water partition coefficient (Wildman–Crippen LogP) is 0.813. The molecule has 3 atom stereocenters. The van der Waals surface area contributed by atoms with Crippen molar-refractivity contribution in [3.05, 3.63) is 0 Å². The van der Waals surface area contributed by atoms with E-state index in [2.05, 4.69) is 5.32 Å². The quantitative estimate of drug-likeness (QED) is 0.709. The van der Waals surface area contributed by atoms with Gasteiger partial charge in [-0.1, -0.05) is 13.8 Å². The molecule has 0 aromatic heterocycles. The van der Waals surface area contributed by atoms with Gasteiger partial charge in [-0.25, -0.2) is 0 Å². The molecule has 0 spiro atoms. The number of nitrogens with two attached hydrogens (primary N) is 1. The van der Waals surface area contributed by atoms with Crippen LogP contribution in [0.25, 0.3) is 0 Å². The van der Waals surface area contributed by atoms with E-state index in [-0.39, 0.29) is 24.2 Å². The van der Waals surface area contributed by atoms with Gasteiger partial charge in [0, 0.05) is 13.2 Å². The number of hydrogen-bond acceptors (Lipinski definition) is 4. The second-order valence-corrected chi connectivity index (χ2v) is 5.26. The first kappa shape index (κ1) is 15.4. The average molecular weight is 258 g/mol. The molecule has 1 amide bonds. The number of carbonyl (C=O) groups is 1. The van der Waals surface area contributed by atoms with Gasteiger partial charge in [-0.05, 0) is 25.7 Å². The predicted molar refractivity (Wildman–Crippen MR) is 70.3 cm³/mol. The highest BCUT2D eigenvalue weighted by atomic mass is 16.5. The number of amides is 1. The summed E-state index contributed by atoms with van der Waals surface area (Å²) in [6.45, 7) is 4.31. The van der Waals surface area contributed by atoms with Gasteiger partial charge in [0.25, 0.3) is 0 Å². The average Bonchev–Trinajstić information content (AvgIpc) is 2.34. The summed E-state index contributed by atoms with van der Waals surface area (Å²) in [7, 11) is 1.74. The van der Waals surface area contributed by atoms with E-state index >= 15 is 0 Å². The zero-order valence-electron chi connectivity index (χ0n) is 11.6. The standard InChI is InChI=1S/C13H26N2O3/c1-9(2)15-12(13(14)16)8-18-11-6-4-5-10(7-11)17-3/h9-12,15H,4-8H2,1-3H3,(H2,14,16). The highest BCUT2D eigenvalue weighted by Crippen LogP contribution is 2.23. The van der Waals surface area contributed by atoms with Crippen molar-refractivity contribution >= 4 is 5.91 Å². The Morgan fingerprint density at radius 3 is 2.61 bits per heavy atom. The zero-order valence-corrected chi connectivity index (χ0v) is 11.6. The molecule has 1 aliphatic carbocycles. The summed E-state index contributed by atoms with van der Waals surface area (Å²) < 4.78 is 11.1. The van der Waals surface area contributed by atoms with Crippen LogP contribution < -0.4 is 11.1 Å². The molecule has 0 aromatic carbocycles. The van der Waals surface area contributed by atoms with Crippen LogP contribution in [0, 0.1) is 0 Å². The molecule has 18 heavy (non-hydrogen) atoms. The lowest BCUT2D eigenvalue weighted by molar-refractivity contribution is -0.123. The first-order chi connectivity index (χ1) is 8.52. The lowest BCUT2D eigenvalue weighted by Gasteiger charge is -2.29. The normalized spacial score (nSPS) is 26.2. The third-order valence-electron chi connectivity index (χ3n) is 3.29. The van der Waals surface area contributed by atoms with Crippen molar-refractivity contribution in [1.29, 1.82) is 0 Å². The Hall–Kier alpha value is -0.650. The van der Waals surface area contributed by atoms with Gasteiger partial charge in [0.15, 0.2) is 0 Å². The number of carbonyl (C=O) groups excluding carboxylic acids is 1. The molecule has 3 unspecified atom stereocenters. The minimum absolute atomic E-state index is 0.180.